The molecule has 2 amide bonds. The van der Waals surface area contributed by atoms with Crippen molar-refractivity contribution < 1.29 is 9.59 Å². The molecule has 0 saturated carbocycles. The molecule has 0 bridgehead atoms. The topological polar surface area (TPSA) is 111 Å². The Labute approximate surface area is 129 Å². The number of primary amides is 2. The number of carbonyl (C=O) groups is 2. The molecule has 6 heteroatoms. The third kappa shape index (κ3) is 2.59. The van der Waals surface area contributed by atoms with E-state index in [1.807, 2.05) is 13.8 Å². The number of nitrogens with zero attached hydrogens (tertiary/aromatic N) is 1. The fourth-order valence-electron chi connectivity index (χ4n) is 2.71. The molecule has 116 valence electrons. The lowest BCUT2D eigenvalue weighted by Crippen LogP contribution is -2.44. The van der Waals surface area contributed by atoms with Crippen molar-refractivity contribution in [2.45, 2.75) is 25.7 Å². The number of hydrogen-bond donors (Lipinski definition) is 3. The van der Waals surface area contributed by atoms with E-state index < -0.39 is 17.2 Å². The molecule has 1 unspecified atom stereocenters. The summed E-state index contributed by atoms with van der Waals surface area (Å²) < 4.78 is 0. The predicted octanol–water partition coefficient (Wildman–Crippen LogP) is 0.998. The van der Waals surface area contributed by atoms with Crippen LogP contribution in [0.5, 0.6) is 0 Å². The summed E-state index contributed by atoms with van der Waals surface area (Å²) in [5.41, 5.74) is 11.8. The molecule has 1 aromatic rings. The minimum atomic E-state index is -1.09. The summed E-state index contributed by atoms with van der Waals surface area (Å²) in [5.74, 6) is -0.355. The van der Waals surface area contributed by atoms with Gasteiger partial charge in [0.25, 0.3) is 0 Å². The monoisotopic (exact) mass is 300 g/mol. The van der Waals surface area contributed by atoms with Crippen molar-refractivity contribution in [1.29, 1.82) is 0 Å². The summed E-state index contributed by atoms with van der Waals surface area (Å²) >= 11 is 0. The number of nitrogens with one attached hydrogen (secondary N) is 1. The summed E-state index contributed by atoms with van der Waals surface area (Å²) in [7, 11) is 0. The first-order valence-electron chi connectivity index (χ1n) is 7.10. The Morgan fingerprint density at radius 3 is 2.55 bits per heavy atom. The van der Waals surface area contributed by atoms with E-state index in [9.17, 15) is 9.59 Å². The van der Waals surface area contributed by atoms with Gasteiger partial charge in [0, 0.05) is 24.7 Å². The van der Waals surface area contributed by atoms with Crippen LogP contribution >= 0.6 is 0 Å². The first kappa shape index (κ1) is 15.8. The number of anilines is 1. The van der Waals surface area contributed by atoms with E-state index >= 15 is 0 Å². The van der Waals surface area contributed by atoms with E-state index in [2.05, 4.69) is 10.3 Å². The van der Waals surface area contributed by atoms with Crippen LogP contribution in [0.3, 0.4) is 0 Å². The maximum absolute atomic E-state index is 12.2. The van der Waals surface area contributed by atoms with Crippen molar-refractivity contribution in [3.8, 4) is 0 Å². The molecule has 2 rings (SSSR count). The lowest BCUT2D eigenvalue weighted by Gasteiger charge is -2.34. The highest BCUT2D eigenvalue weighted by atomic mass is 16.1. The summed E-state index contributed by atoms with van der Waals surface area (Å²) in [6, 6.07) is 3.59. The third-order valence-corrected chi connectivity index (χ3v) is 4.01. The second-order valence-corrected chi connectivity index (χ2v) is 5.31. The van der Waals surface area contributed by atoms with Crippen LogP contribution in [0.4, 0.5) is 5.82 Å². The predicted molar refractivity (Wildman–Crippen MR) is 84.9 cm³/mol. The maximum Gasteiger partial charge on any atom is 0.244 e. The van der Waals surface area contributed by atoms with Crippen molar-refractivity contribution in [1.82, 2.24) is 4.98 Å². The average Bonchev–Trinajstić information content (AvgIpc) is 2.48. The van der Waals surface area contributed by atoms with Gasteiger partial charge in [-0.1, -0.05) is 23.8 Å². The molecule has 0 aliphatic heterocycles. The molecule has 5 N–H and O–H groups in total. The molecule has 6 nitrogen and oxygen atoms in total. The van der Waals surface area contributed by atoms with E-state index in [1.165, 1.54) is 0 Å². The van der Waals surface area contributed by atoms with Gasteiger partial charge >= 0.3 is 0 Å². The highest BCUT2D eigenvalue weighted by Crippen LogP contribution is 2.40. The summed E-state index contributed by atoms with van der Waals surface area (Å²) in [4.78, 5) is 28.0. The van der Waals surface area contributed by atoms with Crippen LogP contribution in [0.25, 0.3) is 0 Å². The quantitative estimate of drug-likeness (QED) is 0.753. The van der Waals surface area contributed by atoms with Gasteiger partial charge in [-0.25, -0.2) is 4.98 Å². The lowest BCUT2D eigenvalue weighted by atomic mass is 9.68. The second kappa shape index (κ2) is 6.01. The average molecular weight is 300 g/mol. The first-order chi connectivity index (χ1) is 10.4. The SMILES string of the molecule is CCNc1ccc(C2(C(N)=O)CC(C(N)=O)=CC=C2C)cn1. The molecule has 0 spiro atoms. The van der Waals surface area contributed by atoms with Crippen molar-refractivity contribution >= 4 is 17.6 Å². The molecule has 1 aromatic heterocycles. The zero-order valence-electron chi connectivity index (χ0n) is 12.7. The van der Waals surface area contributed by atoms with Gasteiger partial charge in [-0.3, -0.25) is 9.59 Å². The van der Waals surface area contributed by atoms with E-state index in [1.54, 1.807) is 30.5 Å². The van der Waals surface area contributed by atoms with Gasteiger partial charge < -0.3 is 16.8 Å². The van der Waals surface area contributed by atoms with E-state index in [4.69, 9.17) is 11.5 Å². The van der Waals surface area contributed by atoms with Gasteiger partial charge in [-0.15, -0.1) is 0 Å². The summed E-state index contributed by atoms with van der Waals surface area (Å²) in [6.45, 7) is 4.54. The van der Waals surface area contributed by atoms with Crippen LogP contribution in [-0.2, 0) is 15.0 Å². The number of hydrogen-bond acceptors (Lipinski definition) is 4. The van der Waals surface area contributed by atoms with Gasteiger partial charge in [0.05, 0.1) is 0 Å². The molecular formula is C16H20N4O2. The highest BCUT2D eigenvalue weighted by molar-refractivity contribution is 5.98. The molecule has 0 fully saturated rings. The molecule has 1 heterocycles. The Balaban J connectivity index is 2.50. The fourth-order valence-corrected chi connectivity index (χ4v) is 2.71. The number of amides is 2. The Bertz CT molecular complexity index is 661. The van der Waals surface area contributed by atoms with Crippen LogP contribution in [0.1, 0.15) is 25.8 Å². The number of carbonyl (C=O) groups excluding carboxylic acids is 2. The molecule has 1 atom stereocenters. The third-order valence-electron chi connectivity index (χ3n) is 4.01. The minimum absolute atomic E-state index is 0.155. The van der Waals surface area contributed by atoms with Crippen LogP contribution in [0, 0.1) is 0 Å². The van der Waals surface area contributed by atoms with Crippen molar-refractivity contribution in [3.05, 3.63) is 47.2 Å². The van der Waals surface area contributed by atoms with Crippen molar-refractivity contribution in [3.63, 3.8) is 0 Å². The zero-order chi connectivity index (χ0) is 16.3. The van der Waals surface area contributed by atoms with Gasteiger partial charge in [0.2, 0.25) is 11.8 Å². The number of rotatable bonds is 5. The first-order valence-corrected chi connectivity index (χ1v) is 7.10. The second-order valence-electron chi connectivity index (χ2n) is 5.31. The molecule has 0 radical (unpaired) electrons. The fraction of sp³-hybridized carbons (Fsp3) is 0.312. The van der Waals surface area contributed by atoms with Crippen LogP contribution in [-0.4, -0.2) is 23.3 Å². The number of pyridine rings is 1. The molecular weight excluding hydrogens is 280 g/mol. The molecule has 22 heavy (non-hydrogen) atoms. The van der Waals surface area contributed by atoms with Crippen molar-refractivity contribution in [2.24, 2.45) is 11.5 Å². The van der Waals surface area contributed by atoms with Crippen LogP contribution in [0.2, 0.25) is 0 Å². The van der Waals surface area contributed by atoms with Gasteiger partial charge in [-0.05, 0) is 25.5 Å². The molecule has 1 aliphatic rings. The zero-order valence-corrected chi connectivity index (χ0v) is 12.7. The Hall–Kier alpha value is -2.63. The van der Waals surface area contributed by atoms with Crippen LogP contribution < -0.4 is 16.8 Å². The largest absolute Gasteiger partial charge is 0.370 e. The van der Waals surface area contributed by atoms with Gasteiger partial charge in [0.1, 0.15) is 11.2 Å². The number of aromatic nitrogens is 1. The standard InChI is InChI=1S/C16H20N4O2/c1-3-19-13-7-6-12(9-20-13)16(15(18)22)8-11(14(17)21)5-4-10(16)2/h4-7,9H,3,8H2,1-2H3,(H2,17,21)(H2,18,22)(H,19,20). The van der Waals surface area contributed by atoms with E-state index in [0.29, 0.717) is 17.0 Å². The summed E-state index contributed by atoms with van der Waals surface area (Å²) in [5, 5.41) is 3.09. The number of nitrogens with two attached hydrogens (primary N) is 2. The smallest absolute Gasteiger partial charge is 0.244 e. The normalized spacial score (nSPS) is 20.8. The van der Waals surface area contributed by atoms with E-state index in [-0.39, 0.29) is 6.42 Å². The molecule has 1 aliphatic carbocycles. The summed E-state index contributed by atoms with van der Waals surface area (Å²) in [6.07, 6.45) is 5.12. The van der Waals surface area contributed by atoms with Gasteiger partial charge in [-0.2, -0.15) is 0 Å². The van der Waals surface area contributed by atoms with E-state index in [0.717, 1.165) is 12.1 Å². The highest BCUT2D eigenvalue weighted by Gasteiger charge is 2.43. The van der Waals surface area contributed by atoms with Crippen LogP contribution in [0.15, 0.2) is 41.6 Å². The van der Waals surface area contributed by atoms with Crippen molar-refractivity contribution in [2.75, 3.05) is 11.9 Å². The molecule has 0 aromatic carbocycles. The van der Waals surface area contributed by atoms with Gasteiger partial charge in [0.15, 0.2) is 0 Å². The Morgan fingerprint density at radius 2 is 2.05 bits per heavy atom. The number of allylic oxidation sites excluding steroid dienone is 2. The Kier molecular flexibility index (Phi) is 4.30. The molecule has 0 saturated heterocycles. The maximum atomic E-state index is 12.2. The Morgan fingerprint density at radius 1 is 1.32 bits per heavy atom. The lowest BCUT2D eigenvalue weighted by molar-refractivity contribution is -0.122. The minimum Gasteiger partial charge on any atom is -0.370 e.